The van der Waals surface area contributed by atoms with Gasteiger partial charge in [-0.25, -0.2) is 0 Å². The normalized spacial score (nSPS) is 11.2. The Morgan fingerprint density at radius 1 is 1.12 bits per heavy atom. The summed E-state index contributed by atoms with van der Waals surface area (Å²) in [6.07, 6.45) is 1.81. The summed E-state index contributed by atoms with van der Waals surface area (Å²) in [7, 11) is 1.88. The summed E-state index contributed by atoms with van der Waals surface area (Å²) in [5, 5.41) is 19.5. The fourth-order valence-electron chi connectivity index (χ4n) is 3.38. The highest BCUT2D eigenvalue weighted by Gasteiger charge is 2.17. The van der Waals surface area contributed by atoms with E-state index >= 15 is 0 Å². The Labute approximate surface area is 186 Å². The molecular formula is C23H26N8O. The largest absolute Gasteiger partial charge is 0.346 e. The van der Waals surface area contributed by atoms with Crippen molar-refractivity contribution < 1.29 is 4.79 Å². The van der Waals surface area contributed by atoms with Crippen molar-refractivity contribution in [3.8, 4) is 16.9 Å². The molecule has 0 radical (unpaired) electrons. The highest BCUT2D eigenvalue weighted by atomic mass is 16.1. The van der Waals surface area contributed by atoms with Crippen molar-refractivity contribution in [2.45, 2.75) is 40.2 Å². The minimum Gasteiger partial charge on any atom is -0.346 e. The molecule has 1 N–H and O–H groups in total. The summed E-state index contributed by atoms with van der Waals surface area (Å²) in [6.45, 7) is 8.35. The van der Waals surface area contributed by atoms with Gasteiger partial charge >= 0.3 is 0 Å². The first kappa shape index (κ1) is 21.4. The summed E-state index contributed by atoms with van der Waals surface area (Å²) in [6, 6.07) is 11.5. The second kappa shape index (κ2) is 8.70. The number of amides is 1. The highest BCUT2D eigenvalue weighted by molar-refractivity contribution is 5.96. The van der Waals surface area contributed by atoms with Crippen LogP contribution in [0.3, 0.4) is 0 Å². The molecular weight excluding hydrogens is 404 g/mol. The van der Waals surface area contributed by atoms with Gasteiger partial charge in [0.25, 0.3) is 5.91 Å². The molecule has 0 aliphatic rings. The van der Waals surface area contributed by atoms with Crippen molar-refractivity contribution in [1.29, 1.82) is 0 Å². The number of hydrogen-bond donors (Lipinski definition) is 1. The SMILES string of the molecule is Cc1ccc(-c2cc(C(=O)NCc3cc(C)n(C)n3)cc(-n3nnnc3C(C)C)c2)nc1. The lowest BCUT2D eigenvalue weighted by Gasteiger charge is -2.12. The Hall–Kier alpha value is -3.88. The summed E-state index contributed by atoms with van der Waals surface area (Å²) in [5.74, 6) is 0.632. The second-order valence-electron chi connectivity index (χ2n) is 8.18. The number of aryl methyl sites for hydroxylation is 3. The third kappa shape index (κ3) is 4.41. The Morgan fingerprint density at radius 2 is 1.94 bits per heavy atom. The summed E-state index contributed by atoms with van der Waals surface area (Å²) >= 11 is 0. The summed E-state index contributed by atoms with van der Waals surface area (Å²) < 4.78 is 3.45. The molecule has 3 heterocycles. The molecule has 1 amide bonds. The molecule has 32 heavy (non-hydrogen) atoms. The maximum Gasteiger partial charge on any atom is 0.251 e. The molecule has 0 fully saturated rings. The van der Waals surface area contributed by atoms with Crippen LogP contribution in [0, 0.1) is 13.8 Å². The number of carbonyl (C=O) groups excluding carboxylic acids is 1. The van der Waals surface area contributed by atoms with Crippen molar-refractivity contribution in [3.05, 3.63) is 70.9 Å². The summed E-state index contributed by atoms with van der Waals surface area (Å²) in [5.41, 5.74) is 5.69. The number of nitrogens with one attached hydrogen (secondary N) is 1. The number of benzene rings is 1. The van der Waals surface area contributed by atoms with Crippen LogP contribution in [0.5, 0.6) is 0 Å². The van der Waals surface area contributed by atoms with Crippen LogP contribution in [-0.2, 0) is 13.6 Å². The Balaban J connectivity index is 1.71. The fourth-order valence-corrected chi connectivity index (χ4v) is 3.38. The van der Waals surface area contributed by atoms with Gasteiger partial charge in [0, 0.05) is 36.0 Å². The van der Waals surface area contributed by atoms with Crippen molar-refractivity contribution >= 4 is 5.91 Å². The maximum atomic E-state index is 13.1. The average Bonchev–Trinajstić information content (AvgIpc) is 3.39. The van der Waals surface area contributed by atoms with Crippen molar-refractivity contribution in [2.24, 2.45) is 7.05 Å². The molecule has 0 saturated heterocycles. The van der Waals surface area contributed by atoms with Gasteiger partial charge in [0.1, 0.15) is 0 Å². The Bertz CT molecular complexity index is 1230. The van der Waals surface area contributed by atoms with E-state index < -0.39 is 0 Å². The van der Waals surface area contributed by atoms with E-state index in [1.165, 1.54) is 0 Å². The molecule has 0 aliphatic heterocycles. The van der Waals surface area contributed by atoms with E-state index in [0.717, 1.165) is 28.2 Å². The van der Waals surface area contributed by atoms with Crippen molar-refractivity contribution in [3.63, 3.8) is 0 Å². The smallest absolute Gasteiger partial charge is 0.251 e. The summed E-state index contributed by atoms with van der Waals surface area (Å²) in [4.78, 5) is 17.6. The first-order chi connectivity index (χ1) is 15.3. The third-order valence-corrected chi connectivity index (χ3v) is 5.24. The van der Waals surface area contributed by atoms with Gasteiger partial charge in [0.2, 0.25) is 0 Å². The van der Waals surface area contributed by atoms with Gasteiger partial charge in [-0.05, 0) is 60.2 Å². The lowest BCUT2D eigenvalue weighted by Crippen LogP contribution is -2.23. The van der Waals surface area contributed by atoms with E-state index in [4.69, 9.17) is 0 Å². The van der Waals surface area contributed by atoms with Gasteiger partial charge in [0.15, 0.2) is 5.82 Å². The van der Waals surface area contributed by atoms with Crippen LogP contribution in [0.2, 0.25) is 0 Å². The third-order valence-electron chi connectivity index (χ3n) is 5.24. The lowest BCUT2D eigenvalue weighted by molar-refractivity contribution is 0.0950. The van der Waals surface area contributed by atoms with E-state index in [9.17, 15) is 4.79 Å². The number of rotatable bonds is 6. The van der Waals surface area contributed by atoms with Gasteiger partial charge < -0.3 is 5.32 Å². The van der Waals surface area contributed by atoms with Gasteiger partial charge in [-0.1, -0.05) is 19.9 Å². The minimum atomic E-state index is -0.206. The number of nitrogens with zero attached hydrogens (tertiary/aromatic N) is 7. The molecule has 4 rings (SSSR count). The number of pyridine rings is 1. The molecule has 0 atom stereocenters. The van der Waals surface area contributed by atoms with Crippen molar-refractivity contribution in [1.82, 2.24) is 40.3 Å². The molecule has 9 nitrogen and oxygen atoms in total. The highest BCUT2D eigenvalue weighted by Crippen LogP contribution is 2.25. The van der Waals surface area contributed by atoms with E-state index in [-0.39, 0.29) is 11.8 Å². The Morgan fingerprint density at radius 3 is 2.59 bits per heavy atom. The van der Waals surface area contributed by atoms with Crippen LogP contribution >= 0.6 is 0 Å². The monoisotopic (exact) mass is 430 g/mol. The van der Waals surface area contributed by atoms with Gasteiger partial charge in [-0.15, -0.1) is 5.10 Å². The first-order valence-corrected chi connectivity index (χ1v) is 10.5. The van der Waals surface area contributed by atoms with E-state index in [2.05, 4.69) is 30.9 Å². The van der Waals surface area contributed by atoms with Crippen LogP contribution in [-0.4, -0.2) is 40.9 Å². The second-order valence-corrected chi connectivity index (χ2v) is 8.18. The number of tetrazole rings is 1. The number of carbonyl (C=O) groups is 1. The molecule has 9 heteroatoms. The number of hydrogen-bond acceptors (Lipinski definition) is 6. The molecule has 164 valence electrons. The lowest BCUT2D eigenvalue weighted by atomic mass is 10.0. The molecule has 3 aromatic heterocycles. The molecule has 0 spiro atoms. The van der Waals surface area contributed by atoms with Gasteiger partial charge in [-0.2, -0.15) is 9.78 Å². The zero-order valence-corrected chi connectivity index (χ0v) is 18.9. The van der Waals surface area contributed by atoms with Crippen LogP contribution in [0.4, 0.5) is 0 Å². The maximum absolute atomic E-state index is 13.1. The zero-order chi connectivity index (χ0) is 22.8. The van der Waals surface area contributed by atoms with E-state index in [0.29, 0.717) is 23.6 Å². The molecule has 0 saturated carbocycles. The van der Waals surface area contributed by atoms with Gasteiger partial charge in [-0.3, -0.25) is 14.5 Å². The van der Waals surface area contributed by atoms with Crippen LogP contribution in [0.15, 0.2) is 42.6 Å². The van der Waals surface area contributed by atoms with Crippen molar-refractivity contribution in [2.75, 3.05) is 0 Å². The van der Waals surface area contributed by atoms with Crippen LogP contribution in [0.1, 0.15) is 52.9 Å². The molecule has 0 unspecified atom stereocenters. The predicted octanol–water partition coefficient (Wildman–Crippen LogP) is 3.13. The predicted molar refractivity (Wildman–Crippen MR) is 120 cm³/mol. The first-order valence-electron chi connectivity index (χ1n) is 10.5. The molecule has 0 aliphatic carbocycles. The van der Waals surface area contributed by atoms with Crippen LogP contribution < -0.4 is 5.32 Å². The van der Waals surface area contributed by atoms with Gasteiger partial charge in [0.05, 0.1) is 23.6 Å². The minimum absolute atomic E-state index is 0.121. The average molecular weight is 431 g/mol. The molecule has 0 bridgehead atoms. The molecule has 4 aromatic rings. The van der Waals surface area contributed by atoms with E-state index in [1.807, 2.05) is 71.3 Å². The van der Waals surface area contributed by atoms with E-state index in [1.54, 1.807) is 15.4 Å². The zero-order valence-electron chi connectivity index (χ0n) is 18.9. The molecule has 1 aromatic carbocycles. The standard InChI is InChI=1S/C23H26N8O/c1-14(2)22-26-28-29-31(22)20-10-17(21-7-6-15(3)12-24-21)9-18(11-20)23(32)25-13-19-8-16(4)30(5)27-19/h6-12,14H,13H2,1-5H3,(H,25,32). The number of aromatic nitrogens is 7. The quantitative estimate of drug-likeness (QED) is 0.504. The fraction of sp³-hybridized carbons (Fsp3) is 0.304. The Kier molecular flexibility index (Phi) is 5.81. The van der Waals surface area contributed by atoms with Crippen LogP contribution in [0.25, 0.3) is 16.9 Å². The topological polar surface area (TPSA) is 103 Å².